The number of fused-ring (bicyclic) bond motifs is 2. The molecule has 1 saturated heterocycles. The number of carbonyl (C=O) groups excluding carboxylic acids is 1. The summed E-state index contributed by atoms with van der Waals surface area (Å²) in [6.07, 6.45) is -8.69. The quantitative estimate of drug-likeness (QED) is 0.0567. The van der Waals surface area contributed by atoms with Crippen molar-refractivity contribution < 1.29 is 59.5 Å². The molecule has 1 aliphatic heterocycles. The summed E-state index contributed by atoms with van der Waals surface area (Å²) in [5, 5.41) is 75.6. The number of aromatic hydroxyl groups is 2. The number of carbonyl (C=O) groups is 1. The lowest BCUT2D eigenvalue weighted by atomic mass is 9.99. The van der Waals surface area contributed by atoms with Crippen LogP contribution in [0.1, 0.15) is 18.1 Å². The number of hydrogen-bond donors (Lipinski definition) is 7. The summed E-state index contributed by atoms with van der Waals surface area (Å²) in [6, 6.07) is 20.8. The Balaban J connectivity index is 1.36. The van der Waals surface area contributed by atoms with E-state index in [1.165, 1.54) is 24.6 Å². The Morgan fingerprint density at radius 1 is 0.800 bits per heavy atom. The maximum absolute atomic E-state index is 11.7. The molecule has 50 heavy (non-hydrogen) atoms. The molecule has 1 heterocycles. The van der Waals surface area contributed by atoms with Gasteiger partial charge < -0.3 is 54.7 Å². The van der Waals surface area contributed by atoms with Crippen LogP contribution < -0.4 is 0 Å². The van der Waals surface area contributed by atoms with Crippen LogP contribution in [-0.2, 0) is 23.7 Å². The van der Waals surface area contributed by atoms with Gasteiger partial charge in [-0.05, 0) is 35.0 Å². The summed E-state index contributed by atoms with van der Waals surface area (Å²) in [4.78, 5) is 20.5. The summed E-state index contributed by atoms with van der Waals surface area (Å²) in [6.45, 7) is -0.764. The van der Waals surface area contributed by atoms with E-state index in [2.05, 4.69) is 9.98 Å². The first-order valence-electron chi connectivity index (χ1n) is 15.9. The number of ether oxygens (including phenoxy) is 4. The van der Waals surface area contributed by atoms with Gasteiger partial charge in [0.05, 0.1) is 26.3 Å². The number of rotatable bonds is 14. The van der Waals surface area contributed by atoms with Crippen molar-refractivity contribution >= 4 is 39.9 Å². The fourth-order valence-electron chi connectivity index (χ4n) is 5.74. The lowest BCUT2D eigenvalue weighted by Gasteiger charge is -2.42. The average molecular weight is 693 g/mol. The summed E-state index contributed by atoms with van der Waals surface area (Å²) >= 11 is 0. The molecule has 0 saturated carbocycles. The standard InChI is InChI=1S/C36H40N2O12/c1-20(41)47-35-33(45)31(19-40)50-36(34(35)46)49-29(16-37-14-21-10-12-27(42)25-8-4-2-6-23(21)25)30(18-39)48-32(44)17-38-15-22-11-13-28(43)26-9-5-3-7-24(22)26/h2-15,29-36,39-40,42-46H,16-19H2,1H3/t29-,30+,31-,32-,33-,34+,35-,36-/m0/s1. The van der Waals surface area contributed by atoms with Crippen LogP contribution in [0.25, 0.3) is 21.5 Å². The Labute approximate surface area is 287 Å². The van der Waals surface area contributed by atoms with Gasteiger partial charge in [0.2, 0.25) is 0 Å². The summed E-state index contributed by atoms with van der Waals surface area (Å²) in [5.41, 5.74) is 1.34. The number of phenolic OH excluding ortho intramolecular Hbond substituents is 2. The van der Waals surface area contributed by atoms with Crippen LogP contribution in [0.4, 0.5) is 0 Å². The van der Waals surface area contributed by atoms with Gasteiger partial charge in [0.15, 0.2) is 18.7 Å². The third kappa shape index (κ3) is 8.61. The second-order valence-corrected chi connectivity index (χ2v) is 11.7. The van der Waals surface area contributed by atoms with Gasteiger partial charge in [-0.25, -0.2) is 0 Å². The molecule has 4 aromatic carbocycles. The van der Waals surface area contributed by atoms with Crippen molar-refractivity contribution in [2.75, 3.05) is 26.3 Å². The Hall–Kier alpha value is -4.51. The first-order valence-corrected chi connectivity index (χ1v) is 15.9. The van der Waals surface area contributed by atoms with E-state index in [0.717, 1.165) is 12.3 Å². The van der Waals surface area contributed by atoms with E-state index in [4.69, 9.17) is 18.9 Å². The lowest BCUT2D eigenvalue weighted by Crippen LogP contribution is -2.61. The molecule has 0 radical (unpaired) electrons. The molecular weight excluding hydrogens is 652 g/mol. The van der Waals surface area contributed by atoms with E-state index >= 15 is 0 Å². The number of hydrogen-bond acceptors (Lipinski definition) is 14. The Morgan fingerprint density at radius 2 is 1.34 bits per heavy atom. The monoisotopic (exact) mass is 692 g/mol. The minimum atomic E-state index is -1.72. The first kappa shape index (κ1) is 36.8. The molecule has 4 aromatic rings. The molecule has 8 atom stereocenters. The van der Waals surface area contributed by atoms with Crippen LogP contribution in [0.5, 0.6) is 11.5 Å². The topological polar surface area (TPSA) is 220 Å². The van der Waals surface area contributed by atoms with Crippen molar-refractivity contribution in [3.63, 3.8) is 0 Å². The molecule has 14 nitrogen and oxygen atoms in total. The predicted octanol–water partition coefficient (Wildman–Crippen LogP) is 1.39. The van der Waals surface area contributed by atoms with E-state index < -0.39 is 68.4 Å². The molecule has 14 heteroatoms. The van der Waals surface area contributed by atoms with Crippen LogP contribution in [0.2, 0.25) is 0 Å². The zero-order valence-electron chi connectivity index (χ0n) is 27.1. The Bertz CT molecular complexity index is 1820. The Kier molecular flexibility index (Phi) is 12.5. The fourth-order valence-corrected chi connectivity index (χ4v) is 5.74. The second-order valence-electron chi connectivity index (χ2n) is 11.7. The number of phenols is 2. The highest BCUT2D eigenvalue weighted by Crippen LogP contribution is 2.29. The number of benzene rings is 4. The van der Waals surface area contributed by atoms with Crippen LogP contribution in [0, 0.1) is 0 Å². The van der Waals surface area contributed by atoms with E-state index in [-0.39, 0.29) is 24.6 Å². The number of aliphatic hydroxyl groups excluding tert-OH is 5. The molecule has 0 spiro atoms. The molecule has 266 valence electrons. The van der Waals surface area contributed by atoms with Gasteiger partial charge in [0.1, 0.15) is 42.0 Å². The largest absolute Gasteiger partial charge is 0.507 e. The second kappa shape index (κ2) is 16.9. The fraction of sp³-hybridized carbons (Fsp3) is 0.361. The predicted molar refractivity (Wildman–Crippen MR) is 182 cm³/mol. The zero-order chi connectivity index (χ0) is 35.8. The summed E-state index contributed by atoms with van der Waals surface area (Å²) in [7, 11) is 0. The van der Waals surface area contributed by atoms with Gasteiger partial charge in [0.25, 0.3) is 0 Å². The maximum Gasteiger partial charge on any atom is 0.303 e. The van der Waals surface area contributed by atoms with Gasteiger partial charge in [-0.3, -0.25) is 14.8 Å². The van der Waals surface area contributed by atoms with Gasteiger partial charge in [-0.1, -0.05) is 48.5 Å². The number of esters is 1. The van der Waals surface area contributed by atoms with Crippen molar-refractivity contribution in [3.8, 4) is 11.5 Å². The molecule has 7 N–H and O–H groups in total. The number of aliphatic hydroxyl groups is 5. The van der Waals surface area contributed by atoms with E-state index in [0.29, 0.717) is 27.3 Å². The molecule has 0 unspecified atom stereocenters. The van der Waals surface area contributed by atoms with Crippen LogP contribution >= 0.6 is 0 Å². The smallest absolute Gasteiger partial charge is 0.303 e. The highest BCUT2D eigenvalue weighted by molar-refractivity contribution is 6.03. The van der Waals surface area contributed by atoms with Gasteiger partial charge in [-0.15, -0.1) is 0 Å². The van der Waals surface area contributed by atoms with Gasteiger partial charge in [-0.2, -0.15) is 0 Å². The highest BCUT2D eigenvalue weighted by atomic mass is 16.7. The molecule has 0 bridgehead atoms. The van der Waals surface area contributed by atoms with Crippen molar-refractivity contribution in [1.82, 2.24) is 0 Å². The summed E-state index contributed by atoms with van der Waals surface area (Å²) in [5.74, 6) is -0.590. The van der Waals surface area contributed by atoms with Gasteiger partial charge >= 0.3 is 5.97 Å². The number of nitrogens with zero attached hydrogens (tertiary/aromatic N) is 2. The molecular formula is C36H40N2O12. The maximum atomic E-state index is 11.7. The van der Waals surface area contributed by atoms with Crippen LogP contribution in [0.3, 0.4) is 0 Å². The highest BCUT2D eigenvalue weighted by Gasteiger charge is 2.48. The minimum Gasteiger partial charge on any atom is -0.507 e. The van der Waals surface area contributed by atoms with Crippen molar-refractivity contribution in [1.29, 1.82) is 0 Å². The molecule has 0 aliphatic carbocycles. The molecule has 0 aromatic heterocycles. The molecule has 1 fully saturated rings. The van der Waals surface area contributed by atoms with Gasteiger partial charge in [0, 0.05) is 41.3 Å². The molecule has 1 aliphatic rings. The Morgan fingerprint density at radius 3 is 1.86 bits per heavy atom. The third-order valence-corrected chi connectivity index (χ3v) is 8.24. The van der Waals surface area contributed by atoms with Crippen LogP contribution in [0.15, 0.2) is 82.8 Å². The lowest BCUT2D eigenvalue weighted by molar-refractivity contribution is -0.322. The van der Waals surface area contributed by atoms with Crippen molar-refractivity contribution in [3.05, 3.63) is 83.9 Å². The normalized spacial score (nSPS) is 23.0. The third-order valence-electron chi connectivity index (χ3n) is 8.24. The minimum absolute atomic E-state index is 0.0920. The molecule has 5 rings (SSSR count). The first-order chi connectivity index (χ1) is 24.1. The van der Waals surface area contributed by atoms with Crippen molar-refractivity contribution in [2.24, 2.45) is 9.98 Å². The van der Waals surface area contributed by atoms with Crippen LogP contribution in [-0.4, -0.2) is 130 Å². The van der Waals surface area contributed by atoms with E-state index in [9.17, 15) is 40.5 Å². The van der Waals surface area contributed by atoms with E-state index in [1.807, 2.05) is 24.3 Å². The number of aliphatic imine (C=N–C) groups is 2. The summed E-state index contributed by atoms with van der Waals surface area (Å²) < 4.78 is 22.5. The SMILES string of the molecule is CC(=O)O[C@H]1[C@@H](O)[C@H](CO)O[C@H](O[C@@H](CN=Cc2ccc(O)c3ccccc23)[C@@H](CO)O[C@H](O)CN=Cc2ccc(O)c3ccccc23)[C@@H]1O. The van der Waals surface area contributed by atoms with E-state index in [1.54, 1.807) is 36.4 Å². The zero-order valence-corrected chi connectivity index (χ0v) is 27.1. The molecule has 0 amide bonds. The average Bonchev–Trinajstić information content (AvgIpc) is 3.11. The van der Waals surface area contributed by atoms with Crippen molar-refractivity contribution in [2.45, 2.75) is 56.1 Å².